The summed E-state index contributed by atoms with van der Waals surface area (Å²) in [6.45, 7) is 0.108. The molecular formula is C11H9BrN2O4S2. The van der Waals surface area contributed by atoms with E-state index in [4.69, 9.17) is 5.11 Å². The monoisotopic (exact) mass is 376 g/mol. The maximum atomic E-state index is 12.2. The standard InChI is InChI=1S/C11H9BrN2O4S2/c12-9-2-1-7(11(15)16)3-10(9)20(17,18)14-5-8-4-13-6-19-8/h1-4,6,14H,5H2,(H,15,16). The molecule has 0 spiro atoms. The molecule has 0 bridgehead atoms. The number of carboxylic acid groups (broad SMARTS) is 1. The van der Waals surface area contributed by atoms with Crippen molar-refractivity contribution in [3.63, 3.8) is 0 Å². The van der Waals surface area contributed by atoms with Crippen molar-refractivity contribution < 1.29 is 18.3 Å². The summed E-state index contributed by atoms with van der Waals surface area (Å²) in [4.78, 5) is 15.4. The number of sulfonamides is 1. The molecule has 0 unspecified atom stereocenters. The zero-order chi connectivity index (χ0) is 14.8. The number of carboxylic acids is 1. The molecule has 2 N–H and O–H groups in total. The summed E-state index contributed by atoms with van der Waals surface area (Å²) in [5.74, 6) is -1.18. The van der Waals surface area contributed by atoms with E-state index in [1.807, 2.05) is 0 Å². The SMILES string of the molecule is O=C(O)c1ccc(Br)c(S(=O)(=O)NCc2cncs2)c1. The first-order valence-electron chi connectivity index (χ1n) is 5.30. The molecule has 0 amide bonds. The Morgan fingerprint density at radius 2 is 2.20 bits per heavy atom. The van der Waals surface area contributed by atoms with Gasteiger partial charge in [0.2, 0.25) is 10.0 Å². The second-order valence-corrected chi connectivity index (χ2v) is 7.30. The summed E-state index contributed by atoms with van der Waals surface area (Å²) in [7, 11) is -3.80. The van der Waals surface area contributed by atoms with Gasteiger partial charge in [0.25, 0.3) is 0 Å². The van der Waals surface area contributed by atoms with E-state index in [1.54, 1.807) is 11.7 Å². The zero-order valence-corrected chi connectivity index (χ0v) is 13.1. The fraction of sp³-hybridized carbons (Fsp3) is 0.0909. The van der Waals surface area contributed by atoms with Gasteiger partial charge in [0.1, 0.15) is 0 Å². The average molecular weight is 377 g/mol. The van der Waals surface area contributed by atoms with Gasteiger partial charge in [-0.2, -0.15) is 0 Å². The lowest BCUT2D eigenvalue weighted by atomic mass is 10.2. The summed E-state index contributed by atoms with van der Waals surface area (Å²) in [5, 5.41) is 8.91. The average Bonchev–Trinajstić information content (AvgIpc) is 2.89. The number of hydrogen-bond acceptors (Lipinski definition) is 5. The summed E-state index contributed by atoms with van der Waals surface area (Å²) in [6, 6.07) is 3.83. The van der Waals surface area contributed by atoms with Crippen molar-refractivity contribution in [3.8, 4) is 0 Å². The van der Waals surface area contributed by atoms with Crippen molar-refractivity contribution >= 4 is 43.3 Å². The van der Waals surface area contributed by atoms with Crippen molar-refractivity contribution in [3.05, 3.63) is 44.8 Å². The lowest BCUT2D eigenvalue weighted by Gasteiger charge is -2.08. The molecule has 1 aromatic carbocycles. The smallest absolute Gasteiger partial charge is 0.335 e. The molecule has 0 atom stereocenters. The van der Waals surface area contributed by atoms with Crippen molar-refractivity contribution in [2.75, 3.05) is 0 Å². The van der Waals surface area contributed by atoms with Gasteiger partial charge in [-0.25, -0.2) is 17.9 Å². The quantitative estimate of drug-likeness (QED) is 0.832. The molecule has 20 heavy (non-hydrogen) atoms. The molecule has 106 valence electrons. The van der Waals surface area contributed by atoms with Crippen LogP contribution in [0.15, 0.2) is 39.3 Å². The Balaban J connectivity index is 2.28. The number of rotatable bonds is 5. The first-order chi connectivity index (χ1) is 9.40. The molecule has 9 heteroatoms. The minimum atomic E-state index is -3.80. The molecule has 1 aromatic heterocycles. The zero-order valence-electron chi connectivity index (χ0n) is 9.91. The molecule has 0 aliphatic heterocycles. The summed E-state index contributed by atoms with van der Waals surface area (Å²) in [5.41, 5.74) is 1.51. The van der Waals surface area contributed by atoms with E-state index in [2.05, 4.69) is 25.6 Å². The minimum Gasteiger partial charge on any atom is -0.478 e. The predicted molar refractivity (Wildman–Crippen MR) is 77.2 cm³/mol. The Bertz CT molecular complexity index is 729. The molecule has 6 nitrogen and oxygen atoms in total. The van der Waals surface area contributed by atoms with Crippen LogP contribution in [0, 0.1) is 0 Å². The van der Waals surface area contributed by atoms with E-state index in [0.717, 1.165) is 10.9 Å². The summed E-state index contributed by atoms with van der Waals surface area (Å²) < 4.78 is 27.1. The molecule has 2 aromatic rings. The Kier molecular flexibility index (Phi) is 4.53. The Morgan fingerprint density at radius 1 is 1.45 bits per heavy atom. The second kappa shape index (κ2) is 6.00. The van der Waals surface area contributed by atoms with E-state index in [9.17, 15) is 13.2 Å². The van der Waals surface area contributed by atoms with Gasteiger partial charge in [-0.15, -0.1) is 11.3 Å². The molecule has 0 saturated heterocycles. The van der Waals surface area contributed by atoms with Gasteiger partial charge in [-0.3, -0.25) is 4.98 Å². The van der Waals surface area contributed by atoms with Crippen LogP contribution >= 0.6 is 27.3 Å². The van der Waals surface area contributed by atoms with Crippen molar-refractivity contribution in [2.24, 2.45) is 0 Å². The maximum absolute atomic E-state index is 12.2. The van der Waals surface area contributed by atoms with Crippen molar-refractivity contribution in [2.45, 2.75) is 11.4 Å². The maximum Gasteiger partial charge on any atom is 0.335 e. The molecule has 0 saturated carbocycles. The van der Waals surface area contributed by atoms with Crippen LogP contribution in [0.3, 0.4) is 0 Å². The second-order valence-electron chi connectivity index (χ2n) is 3.74. The number of aromatic nitrogens is 1. The van der Waals surface area contributed by atoms with Crippen LogP contribution in [-0.2, 0) is 16.6 Å². The number of carbonyl (C=O) groups is 1. The number of halogens is 1. The highest BCUT2D eigenvalue weighted by Gasteiger charge is 2.19. The fourth-order valence-corrected chi connectivity index (χ4v) is 4.04. The van der Waals surface area contributed by atoms with Crippen LogP contribution in [0.2, 0.25) is 0 Å². The van der Waals surface area contributed by atoms with E-state index in [0.29, 0.717) is 4.47 Å². The number of aromatic carboxylic acids is 1. The van der Waals surface area contributed by atoms with Crippen LogP contribution in [0.25, 0.3) is 0 Å². The molecule has 2 rings (SSSR count). The van der Waals surface area contributed by atoms with Crippen LogP contribution in [-0.4, -0.2) is 24.5 Å². The van der Waals surface area contributed by atoms with Gasteiger partial charge in [-0.05, 0) is 34.1 Å². The highest BCUT2D eigenvalue weighted by Crippen LogP contribution is 2.23. The van der Waals surface area contributed by atoms with Gasteiger partial charge in [-0.1, -0.05) is 0 Å². The van der Waals surface area contributed by atoms with Crippen LogP contribution in [0.1, 0.15) is 15.2 Å². The first kappa shape index (κ1) is 15.1. The highest BCUT2D eigenvalue weighted by atomic mass is 79.9. The topological polar surface area (TPSA) is 96.4 Å². The largest absolute Gasteiger partial charge is 0.478 e. The van der Waals surface area contributed by atoms with Crippen LogP contribution < -0.4 is 4.72 Å². The van der Waals surface area contributed by atoms with Crippen molar-refractivity contribution in [1.29, 1.82) is 0 Å². The number of nitrogens with one attached hydrogen (secondary N) is 1. The number of benzene rings is 1. The molecule has 0 aliphatic rings. The highest BCUT2D eigenvalue weighted by molar-refractivity contribution is 9.10. The third-order valence-corrected chi connectivity index (χ3v) is 5.56. The van der Waals surface area contributed by atoms with E-state index >= 15 is 0 Å². The Hall–Kier alpha value is -1.29. The van der Waals surface area contributed by atoms with E-state index < -0.39 is 16.0 Å². The normalized spacial score (nSPS) is 11.4. The lowest BCUT2D eigenvalue weighted by molar-refractivity contribution is 0.0696. The molecule has 0 fully saturated rings. The third-order valence-electron chi connectivity index (χ3n) is 2.39. The summed E-state index contributed by atoms with van der Waals surface area (Å²) in [6.07, 6.45) is 1.57. The van der Waals surface area contributed by atoms with Crippen LogP contribution in [0.5, 0.6) is 0 Å². The first-order valence-corrected chi connectivity index (χ1v) is 8.45. The van der Waals surface area contributed by atoms with Gasteiger partial charge < -0.3 is 5.11 Å². The molecule has 0 radical (unpaired) electrons. The van der Waals surface area contributed by atoms with Gasteiger partial charge in [0.05, 0.1) is 16.0 Å². The molecular weight excluding hydrogens is 368 g/mol. The Morgan fingerprint density at radius 3 is 2.80 bits per heavy atom. The van der Waals surface area contributed by atoms with Crippen molar-refractivity contribution in [1.82, 2.24) is 9.71 Å². The molecule has 1 heterocycles. The van der Waals surface area contributed by atoms with E-state index in [1.165, 1.54) is 23.5 Å². The van der Waals surface area contributed by atoms with Gasteiger partial charge >= 0.3 is 5.97 Å². The van der Waals surface area contributed by atoms with Gasteiger partial charge in [0, 0.05) is 22.1 Å². The van der Waals surface area contributed by atoms with E-state index in [-0.39, 0.29) is 17.0 Å². The molecule has 0 aliphatic carbocycles. The number of thiazole rings is 1. The third kappa shape index (κ3) is 3.42. The Labute approximate surface area is 127 Å². The number of nitrogens with zero attached hydrogens (tertiary/aromatic N) is 1. The lowest BCUT2D eigenvalue weighted by Crippen LogP contribution is -2.23. The van der Waals surface area contributed by atoms with Gasteiger partial charge in [0.15, 0.2) is 0 Å². The number of hydrogen-bond donors (Lipinski definition) is 2. The van der Waals surface area contributed by atoms with Crippen LogP contribution in [0.4, 0.5) is 0 Å². The summed E-state index contributed by atoms with van der Waals surface area (Å²) >= 11 is 4.44. The minimum absolute atomic E-state index is 0.0913. The fourth-order valence-electron chi connectivity index (χ4n) is 1.42. The predicted octanol–water partition coefficient (Wildman–Crippen LogP) is 2.08.